The van der Waals surface area contributed by atoms with Crippen molar-refractivity contribution in [2.45, 2.75) is 6.92 Å². The van der Waals surface area contributed by atoms with Gasteiger partial charge < -0.3 is 14.8 Å². The molecule has 0 saturated carbocycles. The quantitative estimate of drug-likeness (QED) is 0.466. The van der Waals surface area contributed by atoms with Gasteiger partial charge in [0.05, 0.1) is 47.8 Å². The minimum Gasteiger partial charge on any atom is -0.545 e. The Balaban J connectivity index is 1.85. The van der Waals surface area contributed by atoms with Crippen LogP contribution in [0, 0.1) is 0 Å². The Morgan fingerprint density at radius 1 is 1.13 bits per heavy atom. The maximum Gasteiger partial charge on any atom is 0.280 e. The summed E-state index contributed by atoms with van der Waals surface area (Å²) < 4.78 is 0. The van der Waals surface area contributed by atoms with E-state index in [0.29, 0.717) is 28.7 Å². The van der Waals surface area contributed by atoms with Crippen LogP contribution in [0.25, 0.3) is 6.08 Å². The Labute approximate surface area is 195 Å². The zero-order valence-electron chi connectivity index (χ0n) is 16.7. The summed E-state index contributed by atoms with van der Waals surface area (Å²) in [4.78, 5) is 25.4. The van der Waals surface area contributed by atoms with Crippen LogP contribution in [0.15, 0.2) is 53.1 Å². The molecule has 0 saturated heterocycles. The van der Waals surface area contributed by atoms with Crippen molar-refractivity contribution in [2.75, 3.05) is 29.9 Å². The van der Waals surface area contributed by atoms with Gasteiger partial charge in [0.15, 0.2) is 0 Å². The number of benzene rings is 2. The Kier molecular flexibility index (Phi) is 7.73. The largest absolute Gasteiger partial charge is 0.545 e. The maximum absolute atomic E-state index is 12.9. The molecule has 1 amide bonds. The number of carboxylic acid groups (broad SMARTS) is 1. The van der Waals surface area contributed by atoms with E-state index < -0.39 is 5.97 Å². The van der Waals surface area contributed by atoms with Crippen LogP contribution in [0.4, 0.5) is 11.4 Å². The summed E-state index contributed by atoms with van der Waals surface area (Å²) in [5.74, 6) is -0.718. The molecule has 1 heterocycles. The molecule has 31 heavy (non-hydrogen) atoms. The van der Waals surface area contributed by atoms with Crippen LogP contribution in [0.1, 0.15) is 22.8 Å². The van der Waals surface area contributed by atoms with Crippen molar-refractivity contribution in [1.29, 1.82) is 0 Å². The van der Waals surface area contributed by atoms with Crippen molar-refractivity contribution in [2.24, 2.45) is 5.10 Å². The van der Waals surface area contributed by atoms with Crippen LogP contribution in [-0.2, 0) is 4.79 Å². The number of hydrazone groups is 1. The molecule has 162 valence electrons. The van der Waals surface area contributed by atoms with Gasteiger partial charge in [-0.1, -0.05) is 11.6 Å². The monoisotopic (exact) mass is 479 g/mol. The summed E-state index contributed by atoms with van der Waals surface area (Å²) in [6, 6.07) is 12.0. The SMILES string of the molecule is CC1=NN(c2ccc(Cl)c(C(=O)[O-])c2)C(=O)/C1=C\c1ccc([NH+](CCCl)CCCl)cc1. The average molecular weight is 481 g/mol. The Bertz CT molecular complexity index is 1050. The fraction of sp³-hybridized carbons (Fsp3) is 0.227. The number of quaternary nitrogens is 1. The van der Waals surface area contributed by atoms with E-state index in [1.807, 2.05) is 24.3 Å². The summed E-state index contributed by atoms with van der Waals surface area (Å²) >= 11 is 17.7. The topological polar surface area (TPSA) is 77.2 Å². The Hall–Kier alpha value is -2.38. The molecular formula is C22H20Cl3N3O3. The van der Waals surface area contributed by atoms with Crippen molar-refractivity contribution in [3.63, 3.8) is 0 Å². The first-order chi connectivity index (χ1) is 14.8. The van der Waals surface area contributed by atoms with Crippen molar-refractivity contribution in [3.05, 3.63) is 64.2 Å². The number of rotatable bonds is 8. The summed E-state index contributed by atoms with van der Waals surface area (Å²) in [5, 5.41) is 16.7. The number of nitrogens with zero attached hydrogens (tertiary/aromatic N) is 2. The van der Waals surface area contributed by atoms with E-state index in [9.17, 15) is 14.7 Å². The molecule has 3 rings (SSSR count). The van der Waals surface area contributed by atoms with E-state index in [0.717, 1.165) is 29.3 Å². The number of halogens is 3. The van der Waals surface area contributed by atoms with E-state index in [2.05, 4.69) is 5.10 Å². The fourth-order valence-electron chi connectivity index (χ4n) is 3.28. The van der Waals surface area contributed by atoms with E-state index in [1.54, 1.807) is 13.0 Å². The van der Waals surface area contributed by atoms with E-state index in [1.165, 1.54) is 23.1 Å². The number of anilines is 1. The molecule has 0 unspecified atom stereocenters. The molecule has 0 radical (unpaired) electrons. The first-order valence-corrected chi connectivity index (χ1v) is 11.0. The number of aromatic carboxylic acids is 1. The fourth-order valence-corrected chi connectivity index (χ4v) is 3.94. The first kappa shape index (κ1) is 23.3. The van der Waals surface area contributed by atoms with Gasteiger partial charge in [-0.25, -0.2) is 0 Å². The van der Waals surface area contributed by atoms with E-state index in [-0.39, 0.29) is 16.5 Å². The number of alkyl halides is 2. The first-order valence-electron chi connectivity index (χ1n) is 9.55. The zero-order chi connectivity index (χ0) is 22.5. The number of carbonyl (C=O) groups excluding carboxylic acids is 2. The minimum atomic E-state index is -1.42. The smallest absolute Gasteiger partial charge is 0.280 e. The van der Waals surface area contributed by atoms with Crippen LogP contribution in [0.5, 0.6) is 0 Å². The van der Waals surface area contributed by atoms with Gasteiger partial charge in [-0.05, 0) is 61.0 Å². The second kappa shape index (κ2) is 10.3. The highest BCUT2D eigenvalue weighted by Gasteiger charge is 2.29. The Morgan fingerprint density at radius 3 is 2.35 bits per heavy atom. The zero-order valence-corrected chi connectivity index (χ0v) is 19.0. The van der Waals surface area contributed by atoms with Gasteiger partial charge in [-0.2, -0.15) is 10.1 Å². The molecule has 0 bridgehead atoms. The lowest BCUT2D eigenvalue weighted by Crippen LogP contribution is -3.08. The highest BCUT2D eigenvalue weighted by Crippen LogP contribution is 2.28. The summed E-state index contributed by atoms with van der Waals surface area (Å²) in [7, 11) is 0. The summed E-state index contributed by atoms with van der Waals surface area (Å²) in [5.41, 5.74) is 2.95. The molecule has 1 aliphatic heterocycles. The number of amides is 1. The lowest BCUT2D eigenvalue weighted by molar-refractivity contribution is -0.827. The van der Waals surface area contributed by atoms with Crippen LogP contribution in [-0.4, -0.2) is 42.4 Å². The molecule has 0 atom stereocenters. The van der Waals surface area contributed by atoms with Gasteiger partial charge in [-0.15, -0.1) is 23.2 Å². The predicted molar refractivity (Wildman–Crippen MR) is 123 cm³/mol. The van der Waals surface area contributed by atoms with Crippen LogP contribution in [0.2, 0.25) is 5.02 Å². The second-order valence-electron chi connectivity index (χ2n) is 6.92. The highest BCUT2D eigenvalue weighted by molar-refractivity contribution is 6.34. The molecule has 0 spiro atoms. The third-order valence-electron chi connectivity index (χ3n) is 4.90. The van der Waals surface area contributed by atoms with Crippen molar-refractivity contribution in [1.82, 2.24) is 0 Å². The number of hydrogen-bond donors (Lipinski definition) is 1. The summed E-state index contributed by atoms with van der Waals surface area (Å²) in [6.07, 6.45) is 1.75. The van der Waals surface area contributed by atoms with E-state index >= 15 is 0 Å². The minimum absolute atomic E-state index is 0.0338. The molecule has 0 aliphatic carbocycles. The average Bonchev–Trinajstić information content (AvgIpc) is 3.02. The van der Waals surface area contributed by atoms with E-state index in [4.69, 9.17) is 34.8 Å². The molecule has 1 aliphatic rings. The second-order valence-corrected chi connectivity index (χ2v) is 8.08. The van der Waals surface area contributed by atoms with Gasteiger partial charge in [-0.3, -0.25) is 4.79 Å². The molecular weight excluding hydrogens is 461 g/mol. The molecule has 0 aromatic heterocycles. The maximum atomic E-state index is 12.9. The molecule has 0 fully saturated rings. The van der Waals surface area contributed by atoms with Crippen LogP contribution < -0.4 is 15.0 Å². The number of carbonyl (C=O) groups is 2. The number of hydrogen-bond acceptors (Lipinski definition) is 4. The lowest BCUT2D eigenvalue weighted by Gasteiger charge is -2.16. The highest BCUT2D eigenvalue weighted by atomic mass is 35.5. The molecule has 1 N–H and O–H groups in total. The van der Waals surface area contributed by atoms with Gasteiger partial charge in [0.25, 0.3) is 5.91 Å². The van der Waals surface area contributed by atoms with Gasteiger partial charge in [0, 0.05) is 10.6 Å². The normalized spacial score (nSPS) is 15.1. The molecule has 2 aromatic rings. The van der Waals surface area contributed by atoms with Gasteiger partial charge in [0.2, 0.25) is 0 Å². The van der Waals surface area contributed by atoms with Crippen LogP contribution >= 0.6 is 34.8 Å². The summed E-state index contributed by atoms with van der Waals surface area (Å²) in [6.45, 7) is 3.26. The molecule has 9 heteroatoms. The third-order valence-corrected chi connectivity index (χ3v) is 5.61. The molecule has 6 nitrogen and oxygen atoms in total. The van der Waals surface area contributed by atoms with Gasteiger partial charge >= 0.3 is 0 Å². The van der Waals surface area contributed by atoms with Crippen molar-refractivity contribution >= 4 is 69.8 Å². The Morgan fingerprint density at radius 2 is 1.77 bits per heavy atom. The van der Waals surface area contributed by atoms with Gasteiger partial charge in [0.1, 0.15) is 5.69 Å². The van der Waals surface area contributed by atoms with Crippen molar-refractivity contribution in [3.8, 4) is 0 Å². The standard InChI is InChI=1S/C22H20Cl3N3O3/c1-14-18(12-15-2-4-16(5-3-15)27(10-8-23)11-9-24)21(29)28(26-14)17-6-7-20(25)19(13-17)22(30)31/h2-7,12-13H,8-11H2,1H3,(H,30,31)/b18-12-. The van der Waals surface area contributed by atoms with Crippen LogP contribution in [0.3, 0.4) is 0 Å². The molecule has 2 aromatic carbocycles. The van der Waals surface area contributed by atoms with Crippen molar-refractivity contribution < 1.29 is 19.6 Å². The third kappa shape index (κ3) is 5.28. The number of carboxylic acids is 1. The lowest BCUT2D eigenvalue weighted by atomic mass is 10.1. The predicted octanol–water partition coefficient (Wildman–Crippen LogP) is 2.50. The number of nitrogens with one attached hydrogen (secondary N) is 1.